The quantitative estimate of drug-likeness (QED) is 0.415. The van der Waals surface area contributed by atoms with Crippen LogP contribution in [0.4, 0.5) is 0 Å². The van der Waals surface area contributed by atoms with Crippen molar-refractivity contribution in [1.29, 1.82) is 0 Å². The molecule has 0 aliphatic carbocycles. The zero-order valence-corrected chi connectivity index (χ0v) is 4.78. The molecule has 0 bridgehead atoms. The van der Waals surface area contributed by atoms with E-state index in [1.807, 2.05) is 0 Å². The smallest absolute Gasteiger partial charge is 0.185 e. The molecule has 0 radical (unpaired) electrons. The maximum absolute atomic E-state index is 9.77. The van der Waals surface area contributed by atoms with Gasteiger partial charge >= 0.3 is 0 Å². The molecule has 1 aromatic rings. The molecule has 2 heteroatoms. The molecular weight excluding hydrogens is 116 g/mol. The van der Waals surface area contributed by atoms with Gasteiger partial charge in [-0.2, -0.15) is 0 Å². The van der Waals surface area contributed by atoms with Crippen LogP contribution in [0.3, 0.4) is 0 Å². The standard InChI is InChI=1S/C5H4O2.C2H2/c6-4-5-2-1-3-7-5;1-2/h1-4H;1-2H. The van der Waals surface area contributed by atoms with Crippen molar-refractivity contribution in [3.05, 3.63) is 24.2 Å². The number of hydrogen-bond donors (Lipinski definition) is 0. The first-order valence-electron chi connectivity index (χ1n) is 2.25. The van der Waals surface area contributed by atoms with Crippen LogP contribution in [-0.2, 0) is 0 Å². The second kappa shape index (κ2) is 4.66. The molecule has 0 spiro atoms. The first-order chi connectivity index (χ1) is 4.43. The highest BCUT2D eigenvalue weighted by Crippen LogP contribution is 1.92. The number of hydrogen-bond acceptors (Lipinski definition) is 2. The highest BCUT2D eigenvalue weighted by molar-refractivity contribution is 5.69. The Morgan fingerprint density at radius 3 is 2.44 bits per heavy atom. The minimum Gasteiger partial charge on any atom is -0.462 e. The fraction of sp³-hybridized carbons (Fsp3) is 0. The summed E-state index contributed by atoms with van der Waals surface area (Å²) in [5.74, 6) is 0.375. The van der Waals surface area contributed by atoms with Crippen molar-refractivity contribution in [2.75, 3.05) is 0 Å². The van der Waals surface area contributed by atoms with Gasteiger partial charge in [-0.3, -0.25) is 4.79 Å². The zero-order valence-electron chi connectivity index (χ0n) is 4.78. The third kappa shape index (κ3) is 2.35. The van der Waals surface area contributed by atoms with Crippen molar-refractivity contribution >= 4 is 6.29 Å². The SMILES string of the molecule is C#C.O=Cc1ccco1. The number of carbonyl (C=O) groups is 1. The van der Waals surface area contributed by atoms with E-state index in [0.29, 0.717) is 12.0 Å². The minimum atomic E-state index is 0.375. The molecule has 1 heterocycles. The molecule has 9 heavy (non-hydrogen) atoms. The number of aldehydes is 1. The van der Waals surface area contributed by atoms with Crippen LogP contribution in [0.25, 0.3) is 0 Å². The van der Waals surface area contributed by atoms with E-state index in [1.54, 1.807) is 12.1 Å². The second-order valence-electron chi connectivity index (χ2n) is 1.13. The van der Waals surface area contributed by atoms with Gasteiger partial charge in [-0.1, -0.05) is 0 Å². The highest BCUT2D eigenvalue weighted by Gasteiger charge is 1.84. The first-order valence-corrected chi connectivity index (χ1v) is 2.25. The Hall–Kier alpha value is -1.49. The third-order valence-electron chi connectivity index (χ3n) is 0.659. The predicted octanol–water partition coefficient (Wildman–Crippen LogP) is 1.34. The van der Waals surface area contributed by atoms with E-state index >= 15 is 0 Å². The fourth-order valence-electron chi connectivity index (χ4n) is 0.358. The lowest BCUT2D eigenvalue weighted by Crippen LogP contribution is -1.65. The molecule has 0 saturated heterocycles. The van der Waals surface area contributed by atoms with Gasteiger partial charge in [0.1, 0.15) is 0 Å². The molecule has 2 nitrogen and oxygen atoms in total. The van der Waals surface area contributed by atoms with Gasteiger partial charge in [0.25, 0.3) is 0 Å². The number of terminal acetylenes is 1. The average molecular weight is 122 g/mol. The lowest BCUT2D eigenvalue weighted by Gasteiger charge is -1.68. The Balaban J connectivity index is 0.000000291. The molecule has 0 fully saturated rings. The molecular formula is C7H6O2. The summed E-state index contributed by atoms with van der Waals surface area (Å²) in [7, 11) is 0. The molecule has 0 aromatic carbocycles. The van der Waals surface area contributed by atoms with Gasteiger partial charge in [0.15, 0.2) is 12.0 Å². The topological polar surface area (TPSA) is 30.2 Å². The normalized spacial score (nSPS) is 6.89. The summed E-state index contributed by atoms with van der Waals surface area (Å²) < 4.78 is 4.61. The van der Waals surface area contributed by atoms with Crippen LogP contribution in [0, 0.1) is 12.8 Å². The molecule has 0 atom stereocenters. The van der Waals surface area contributed by atoms with Crippen molar-refractivity contribution < 1.29 is 9.21 Å². The maximum Gasteiger partial charge on any atom is 0.185 e. The van der Waals surface area contributed by atoms with E-state index in [2.05, 4.69) is 17.3 Å². The molecule has 0 amide bonds. The molecule has 0 unspecified atom stereocenters. The third-order valence-corrected chi connectivity index (χ3v) is 0.659. The van der Waals surface area contributed by atoms with Gasteiger partial charge < -0.3 is 4.42 Å². The highest BCUT2D eigenvalue weighted by atomic mass is 16.3. The van der Waals surface area contributed by atoms with E-state index in [0.717, 1.165) is 0 Å². The summed E-state index contributed by atoms with van der Waals surface area (Å²) >= 11 is 0. The van der Waals surface area contributed by atoms with Crippen LogP contribution in [-0.4, -0.2) is 6.29 Å². The van der Waals surface area contributed by atoms with E-state index in [-0.39, 0.29) is 0 Å². The summed E-state index contributed by atoms with van der Waals surface area (Å²) in [5, 5.41) is 0. The van der Waals surface area contributed by atoms with E-state index in [9.17, 15) is 4.79 Å². The Morgan fingerprint density at radius 2 is 2.22 bits per heavy atom. The lowest BCUT2D eigenvalue weighted by molar-refractivity contribution is 0.110. The summed E-state index contributed by atoms with van der Waals surface area (Å²) in [4.78, 5) is 9.77. The number of furan rings is 1. The summed E-state index contributed by atoms with van der Waals surface area (Å²) in [6.45, 7) is 0. The Morgan fingerprint density at radius 1 is 1.56 bits per heavy atom. The molecule has 0 saturated carbocycles. The lowest BCUT2D eigenvalue weighted by atomic mass is 10.5. The van der Waals surface area contributed by atoms with Crippen molar-refractivity contribution in [2.45, 2.75) is 0 Å². The van der Waals surface area contributed by atoms with Gasteiger partial charge in [0.05, 0.1) is 6.26 Å². The van der Waals surface area contributed by atoms with Crippen LogP contribution in [0.1, 0.15) is 10.6 Å². The van der Waals surface area contributed by atoms with Gasteiger partial charge in [0, 0.05) is 0 Å². The Kier molecular flexibility index (Phi) is 3.89. The largest absolute Gasteiger partial charge is 0.462 e. The van der Waals surface area contributed by atoms with Gasteiger partial charge in [-0.05, 0) is 12.1 Å². The zero-order chi connectivity index (χ0) is 7.11. The number of rotatable bonds is 1. The van der Waals surface area contributed by atoms with Crippen LogP contribution >= 0.6 is 0 Å². The minimum absolute atomic E-state index is 0.375. The number of carbonyl (C=O) groups excluding carboxylic acids is 1. The van der Waals surface area contributed by atoms with Crippen molar-refractivity contribution in [3.8, 4) is 12.8 Å². The van der Waals surface area contributed by atoms with Crippen LogP contribution in [0.2, 0.25) is 0 Å². The second-order valence-corrected chi connectivity index (χ2v) is 1.13. The van der Waals surface area contributed by atoms with E-state index < -0.39 is 0 Å². The molecule has 1 rings (SSSR count). The first kappa shape index (κ1) is 7.51. The molecule has 0 aliphatic heterocycles. The summed E-state index contributed by atoms with van der Waals surface area (Å²) in [6, 6.07) is 3.27. The van der Waals surface area contributed by atoms with Crippen molar-refractivity contribution in [2.24, 2.45) is 0 Å². The molecule has 1 aromatic heterocycles. The van der Waals surface area contributed by atoms with Crippen LogP contribution in [0.15, 0.2) is 22.8 Å². The monoisotopic (exact) mass is 122 g/mol. The van der Waals surface area contributed by atoms with Crippen LogP contribution in [0.5, 0.6) is 0 Å². The summed E-state index contributed by atoms with van der Waals surface area (Å²) in [5.41, 5.74) is 0. The van der Waals surface area contributed by atoms with Gasteiger partial charge in [0.2, 0.25) is 0 Å². The van der Waals surface area contributed by atoms with Gasteiger partial charge in [-0.25, -0.2) is 0 Å². The Labute approximate surface area is 53.5 Å². The fourth-order valence-corrected chi connectivity index (χ4v) is 0.358. The Bertz CT molecular complexity index is 172. The van der Waals surface area contributed by atoms with Crippen molar-refractivity contribution in [3.63, 3.8) is 0 Å². The molecule has 0 aliphatic rings. The van der Waals surface area contributed by atoms with E-state index in [4.69, 9.17) is 0 Å². The summed E-state index contributed by atoms with van der Waals surface area (Å²) in [6.07, 6.45) is 10.1. The predicted molar refractivity (Wildman–Crippen MR) is 34.0 cm³/mol. The average Bonchev–Trinajstić information content (AvgIpc) is 2.43. The van der Waals surface area contributed by atoms with Crippen LogP contribution < -0.4 is 0 Å². The van der Waals surface area contributed by atoms with Crippen molar-refractivity contribution in [1.82, 2.24) is 0 Å². The molecule has 0 N–H and O–H groups in total. The van der Waals surface area contributed by atoms with E-state index in [1.165, 1.54) is 6.26 Å². The van der Waals surface area contributed by atoms with Gasteiger partial charge in [-0.15, -0.1) is 12.8 Å². The molecule has 46 valence electrons. The maximum atomic E-state index is 9.77.